The highest BCUT2D eigenvalue weighted by Gasteiger charge is 2.33. The van der Waals surface area contributed by atoms with Crippen LogP contribution in [-0.4, -0.2) is 52.6 Å². The fourth-order valence-electron chi connectivity index (χ4n) is 6.02. The Kier molecular flexibility index (Phi) is 7.23. The molecule has 2 heterocycles. The number of nitrogens with one attached hydrogen (secondary N) is 1. The molecule has 1 aromatic heterocycles. The Bertz CT molecular complexity index is 1350. The van der Waals surface area contributed by atoms with E-state index in [2.05, 4.69) is 15.2 Å². The van der Waals surface area contributed by atoms with Crippen molar-refractivity contribution in [1.29, 1.82) is 0 Å². The topological polar surface area (TPSA) is 65.5 Å². The minimum atomic E-state index is -0.672. The molecule has 3 fully saturated rings. The molecule has 6 rings (SSSR count). The second-order valence-electron chi connectivity index (χ2n) is 11.2. The van der Waals surface area contributed by atoms with Crippen LogP contribution in [0.2, 0.25) is 10.0 Å². The first kappa shape index (κ1) is 25.8. The molecule has 3 aromatic rings. The van der Waals surface area contributed by atoms with E-state index < -0.39 is 6.17 Å². The summed E-state index contributed by atoms with van der Waals surface area (Å²) in [6.45, 7) is 2.43. The minimum absolute atomic E-state index is 0.0863. The number of anilines is 1. The summed E-state index contributed by atoms with van der Waals surface area (Å²) in [7, 11) is 0. The van der Waals surface area contributed by atoms with Gasteiger partial charge in [0.25, 0.3) is 0 Å². The number of fused-ring (bicyclic) bond motifs is 1. The van der Waals surface area contributed by atoms with Crippen molar-refractivity contribution in [3.8, 4) is 16.9 Å². The van der Waals surface area contributed by atoms with E-state index in [1.54, 1.807) is 18.3 Å². The van der Waals surface area contributed by atoms with Crippen molar-refractivity contribution in [3.63, 3.8) is 0 Å². The molecule has 0 radical (unpaired) electrons. The van der Waals surface area contributed by atoms with Crippen LogP contribution in [0.5, 0.6) is 5.75 Å². The summed E-state index contributed by atoms with van der Waals surface area (Å²) in [6, 6.07) is 9.57. The number of carbonyl (C=O) groups excluding carboxylic acids is 1. The molecule has 0 amide bonds. The van der Waals surface area contributed by atoms with E-state index in [9.17, 15) is 14.3 Å². The molecule has 2 aromatic carbocycles. The first-order valence-corrected chi connectivity index (χ1v) is 14.4. The molecule has 1 atom stereocenters. The van der Waals surface area contributed by atoms with E-state index in [0.29, 0.717) is 24.4 Å². The number of nitrogens with zero attached hydrogens (tertiary/aromatic N) is 2. The van der Waals surface area contributed by atoms with Gasteiger partial charge in [0.1, 0.15) is 6.17 Å². The summed E-state index contributed by atoms with van der Waals surface area (Å²) >= 11 is 12.4. The molecule has 38 heavy (non-hydrogen) atoms. The Morgan fingerprint density at radius 3 is 2.42 bits per heavy atom. The SMILES string of the molecule is O=C(c1cnc2ccc(-c3cc(Cl)c(O)c(Cl)c3)cc2c1NC1CCC(CN2CCC(F)C2)CC1)C1CC1. The van der Waals surface area contributed by atoms with Crippen LogP contribution in [0.3, 0.4) is 0 Å². The highest BCUT2D eigenvalue weighted by Crippen LogP contribution is 2.41. The van der Waals surface area contributed by atoms with Gasteiger partial charge in [-0.2, -0.15) is 0 Å². The van der Waals surface area contributed by atoms with E-state index in [4.69, 9.17) is 23.2 Å². The Hall–Kier alpha value is -2.41. The number of hydrogen-bond acceptors (Lipinski definition) is 5. The van der Waals surface area contributed by atoms with Crippen LogP contribution in [0.4, 0.5) is 10.1 Å². The molecule has 2 N–H and O–H groups in total. The van der Waals surface area contributed by atoms with Crippen molar-refractivity contribution < 1.29 is 14.3 Å². The van der Waals surface area contributed by atoms with Crippen molar-refractivity contribution in [2.45, 2.75) is 57.2 Å². The number of Topliss-reactive ketones (excluding diaryl/α,β-unsaturated/α-hetero) is 1. The zero-order valence-electron chi connectivity index (χ0n) is 21.2. The predicted octanol–water partition coefficient (Wildman–Crippen LogP) is 7.52. The van der Waals surface area contributed by atoms with Gasteiger partial charge in [-0.05, 0) is 86.3 Å². The summed E-state index contributed by atoms with van der Waals surface area (Å²) in [5.74, 6) is 0.703. The number of ketones is 1. The van der Waals surface area contributed by atoms with Gasteiger partial charge in [-0.3, -0.25) is 9.78 Å². The van der Waals surface area contributed by atoms with E-state index in [1.165, 1.54) is 0 Å². The Balaban J connectivity index is 1.28. The van der Waals surface area contributed by atoms with Crippen LogP contribution >= 0.6 is 23.2 Å². The predicted molar refractivity (Wildman–Crippen MR) is 151 cm³/mol. The lowest BCUT2D eigenvalue weighted by Gasteiger charge is -2.32. The van der Waals surface area contributed by atoms with Gasteiger partial charge >= 0.3 is 0 Å². The van der Waals surface area contributed by atoms with Gasteiger partial charge in [0.15, 0.2) is 11.5 Å². The average Bonchev–Trinajstić information content (AvgIpc) is 3.69. The number of aromatic hydroxyl groups is 1. The molecule has 200 valence electrons. The molecular weight excluding hydrogens is 524 g/mol. The smallest absolute Gasteiger partial charge is 0.169 e. The van der Waals surface area contributed by atoms with E-state index >= 15 is 0 Å². The molecule has 2 saturated carbocycles. The van der Waals surface area contributed by atoms with Crippen LogP contribution in [0.1, 0.15) is 55.3 Å². The maximum absolute atomic E-state index is 13.6. The molecule has 8 heteroatoms. The third-order valence-electron chi connectivity index (χ3n) is 8.36. The van der Waals surface area contributed by atoms with Crippen molar-refractivity contribution in [2.75, 3.05) is 25.0 Å². The molecule has 1 unspecified atom stereocenters. The Morgan fingerprint density at radius 1 is 1.03 bits per heavy atom. The van der Waals surface area contributed by atoms with Crippen molar-refractivity contribution in [1.82, 2.24) is 9.88 Å². The molecule has 2 aliphatic carbocycles. The molecular formula is C30H32Cl2FN3O2. The van der Waals surface area contributed by atoms with E-state index in [-0.39, 0.29) is 33.5 Å². The number of likely N-dealkylation sites (tertiary alicyclic amines) is 1. The number of hydrogen-bond donors (Lipinski definition) is 2. The molecule has 1 saturated heterocycles. The zero-order valence-corrected chi connectivity index (χ0v) is 22.7. The highest BCUT2D eigenvalue weighted by atomic mass is 35.5. The standard InChI is InChI=1S/C30H32Cl2FN3O2/c31-25-12-20(13-26(32)30(25)38)19-5-8-27-23(11-19)28(24(14-34-27)29(37)18-3-4-18)35-22-6-1-17(2-7-22)15-36-10-9-21(33)16-36/h5,8,11-14,17-18,21-22,38H,1-4,6-7,9-10,15-16H2,(H,34,35). The largest absolute Gasteiger partial charge is 0.505 e. The van der Waals surface area contributed by atoms with Gasteiger partial charge in [0.05, 0.1) is 26.8 Å². The molecule has 3 aliphatic rings. The van der Waals surface area contributed by atoms with Crippen LogP contribution in [-0.2, 0) is 0 Å². The van der Waals surface area contributed by atoms with Gasteiger partial charge in [0.2, 0.25) is 0 Å². The third-order valence-corrected chi connectivity index (χ3v) is 8.93. The maximum Gasteiger partial charge on any atom is 0.169 e. The fourth-order valence-corrected chi connectivity index (χ4v) is 6.51. The maximum atomic E-state index is 13.6. The second-order valence-corrected chi connectivity index (χ2v) is 12.0. The number of rotatable bonds is 7. The Labute approximate surface area is 232 Å². The zero-order chi connectivity index (χ0) is 26.4. The summed E-state index contributed by atoms with van der Waals surface area (Å²) in [6.07, 6.45) is 7.80. The number of aromatic nitrogens is 1. The van der Waals surface area contributed by atoms with Crippen molar-refractivity contribution in [2.24, 2.45) is 11.8 Å². The van der Waals surface area contributed by atoms with Gasteiger partial charge in [-0.15, -0.1) is 0 Å². The summed E-state index contributed by atoms with van der Waals surface area (Å²) in [5.41, 5.74) is 3.98. The fraction of sp³-hybridized carbons (Fsp3) is 0.467. The van der Waals surface area contributed by atoms with Crippen LogP contribution < -0.4 is 5.32 Å². The van der Waals surface area contributed by atoms with Gasteiger partial charge in [-0.25, -0.2) is 4.39 Å². The third kappa shape index (κ3) is 5.36. The first-order valence-electron chi connectivity index (χ1n) is 13.6. The van der Waals surface area contributed by atoms with Gasteiger partial charge in [-0.1, -0.05) is 29.3 Å². The van der Waals surface area contributed by atoms with Crippen LogP contribution in [0, 0.1) is 11.8 Å². The molecule has 1 aliphatic heterocycles. The minimum Gasteiger partial charge on any atom is -0.505 e. The first-order chi connectivity index (χ1) is 18.4. The number of pyridine rings is 1. The quantitative estimate of drug-likeness (QED) is 0.295. The number of carbonyl (C=O) groups is 1. The monoisotopic (exact) mass is 555 g/mol. The summed E-state index contributed by atoms with van der Waals surface area (Å²) in [4.78, 5) is 20.2. The lowest BCUT2D eigenvalue weighted by Crippen LogP contribution is -2.33. The molecule has 5 nitrogen and oxygen atoms in total. The van der Waals surface area contributed by atoms with E-state index in [1.807, 2.05) is 18.2 Å². The lowest BCUT2D eigenvalue weighted by molar-refractivity contribution is 0.0968. The number of phenolic OH excluding ortho intramolecular Hbond substituents is 1. The summed E-state index contributed by atoms with van der Waals surface area (Å²) < 4.78 is 13.6. The normalized spacial score (nSPS) is 24.1. The van der Waals surface area contributed by atoms with Crippen molar-refractivity contribution >= 4 is 45.6 Å². The van der Waals surface area contributed by atoms with Crippen molar-refractivity contribution in [3.05, 3.63) is 52.1 Å². The number of benzene rings is 2. The van der Waals surface area contributed by atoms with Crippen LogP contribution in [0.15, 0.2) is 36.5 Å². The van der Waals surface area contributed by atoms with Gasteiger partial charge in [0, 0.05) is 43.2 Å². The Morgan fingerprint density at radius 2 is 1.76 bits per heavy atom. The molecule has 0 spiro atoms. The molecule has 0 bridgehead atoms. The average molecular weight is 557 g/mol. The number of alkyl halides is 1. The van der Waals surface area contributed by atoms with Crippen LogP contribution in [0.25, 0.3) is 22.0 Å². The van der Waals surface area contributed by atoms with Gasteiger partial charge < -0.3 is 15.3 Å². The lowest BCUT2D eigenvalue weighted by atomic mass is 9.85. The summed E-state index contributed by atoms with van der Waals surface area (Å²) in [5, 5.41) is 15.0. The van der Waals surface area contributed by atoms with E-state index in [0.717, 1.165) is 79.3 Å². The highest BCUT2D eigenvalue weighted by molar-refractivity contribution is 6.37. The number of halogens is 3. The number of phenols is 1. The second kappa shape index (κ2) is 10.6.